The number of thiazole rings is 1. The van der Waals surface area contributed by atoms with Gasteiger partial charge < -0.3 is 11.1 Å². The van der Waals surface area contributed by atoms with Gasteiger partial charge in [0.2, 0.25) is 11.1 Å². The van der Waals surface area contributed by atoms with Crippen molar-refractivity contribution in [2.75, 3.05) is 11.1 Å². The number of nitrogen functional groups attached to an aromatic ring is 1. The van der Waals surface area contributed by atoms with Gasteiger partial charge in [-0.25, -0.2) is 4.98 Å². The van der Waals surface area contributed by atoms with Crippen molar-refractivity contribution in [3.05, 3.63) is 16.1 Å². The highest BCUT2D eigenvalue weighted by molar-refractivity contribution is 7.10. The summed E-state index contributed by atoms with van der Waals surface area (Å²) in [5.74, 6) is 0.313. The van der Waals surface area contributed by atoms with E-state index in [1.807, 2.05) is 12.3 Å². The molecule has 74 valence electrons. The SMILES string of the molecule is Cc1csc(CNc2nc(N)ns2)n1. The lowest BCUT2D eigenvalue weighted by atomic mass is 10.6. The maximum absolute atomic E-state index is 5.39. The van der Waals surface area contributed by atoms with Gasteiger partial charge in [-0.05, 0) is 6.92 Å². The van der Waals surface area contributed by atoms with Crippen molar-refractivity contribution in [2.24, 2.45) is 0 Å². The number of aromatic nitrogens is 3. The molecule has 0 amide bonds. The number of nitrogens with two attached hydrogens (primary N) is 1. The predicted molar refractivity (Wildman–Crippen MR) is 58.5 cm³/mol. The molecule has 0 aliphatic heterocycles. The Morgan fingerprint density at radius 3 is 2.93 bits per heavy atom. The molecule has 0 spiro atoms. The Balaban J connectivity index is 1.94. The molecule has 2 rings (SSSR count). The van der Waals surface area contributed by atoms with Gasteiger partial charge in [-0.15, -0.1) is 11.3 Å². The van der Waals surface area contributed by atoms with Crippen LogP contribution in [0, 0.1) is 6.92 Å². The van der Waals surface area contributed by atoms with E-state index in [9.17, 15) is 0 Å². The molecule has 0 saturated carbocycles. The number of aryl methyl sites for hydroxylation is 1. The third-order valence-electron chi connectivity index (χ3n) is 1.50. The van der Waals surface area contributed by atoms with Crippen LogP contribution in [0.5, 0.6) is 0 Å². The van der Waals surface area contributed by atoms with Crippen LogP contribution >= 0.6 is 22.9 Å². The van der Waals surface area contributed by atoms with E-state index in [1.165, 1.54) is 11.5 Å². The van der Waals surface area contributed by atoms with E-state index < -0.39 is 0 Å². The third-order valence-corrected chi connectivity index (χ3v) is 3.15. The van der Waals surface area contributed by atoms with Gasteiger partial charge in [-0.2, -0.15) is 9.36 Å². The van der Waals surface area contributed by atoms with Crippen LogP contribution in [0.3, 0.4) is 0 Å². The highest BCUT2D eigenvalue weighted by Gasteiger charge is 2.01. The zero-order valence-electron chi connectivity index (χ0n) is 7.52. The first-order valence-corrected chi connectivity index (χ1v) is 5.63. The summed E-state index contributed by atoms with van der Waals surface area (Å²) >= 11 is 2.88. The smallest absolute Gasteiger partial charge is 0.233 e. The maximum atomic E-state index is 5.39. The maximum Gasteiger partial charge on any atom is 0.233 e. The van der Waals surface area contributed by atoms with Crippen LogP contribution in [0.4, 0.5) is 11.1 Å². The number of nitrogens with zero attached hydrogens (tertiary/aromatic N) is 3. The first-order valence-electron chi connectivity index (χ1n) is 3.98. The van der Waals surface area contributed by atoms with Gasteiger partial charge in [0, 0.05) is 22.6 Å². The summed E-state index contributed by atoms with van der Waals surface area (Å²) < 4.78 is 3.86. The van der Waals surface area contributed by atoms with Gasteiger partial charge in [0.15, 0.2) is 0 Å². The van der Waals surface area contributed by atoms with Crippen LogP contribution in [-0.2, 0) is 6.54 Å². The van der Waals surface area contributed by atoms with Crippen LogP contribution in [0.1, 0.15) is 10.7 Å². The molecule has 14 heavy (non-hydrogen) atoms. The summed E-state index contributed by atoms with van der Waals surface area (Å²) in [7, 11) is 0. The van der Waals surface area contributed by atoms with Crippen molar-refractivity contribution < 1.29 is 0 Å². The van der Waals surface area contributed by atoms with E-state index in [1.54, 1.807) is 11.3 Å². The second-order valence-electron chi connectivity index (χ2n) is 2.69. The number of nitrogens with one attached hydrogen (secondary N) is 1. The summed E-state index contributed by atoms with van der Waals surface area (Å²) in [5, 5.41) is 6.90. The number of rotatable bonds is 3. The Bertz CT molecular complexity index is 381. The van der Waals surface area contributed by atoms with Crippen LogP contribution in [0.2, 0.25) is 0 Å². The first-order chi connectivity index (χ1) is 6.74. The lowest BCUT2D eigenvalue weighted by molar-refractivity contribution is 1.07. The molecule has 0 aliphatic carbocycles. The van der Waals surface area contributed by atoms with E-state index in [0.717, 1.165) is 15.8 Å². The fraction of sp³-hybridized carbons (Fsp3) is 0.286. The van der Waals surface area contributed by atoms with Crippen molar-refractivity contribution in [3.63, 3.8) is 0 Å². The van der Waals surface area contributed by atoms with Gasteiger partial charge >= 0.3 is 0 Å². The largest absolute Gasteiger partial charge is 0.367 e. The molecule has 0 fully saturated rings. The molecule has 0 bridgehead atoms. The van der Waals surface area contributed by atoms with E-state index >= 15 is 0 Å². The Labute approximate surface area is 89.2 Å². The van der Waals surface area contributed by atoms with Crippen molar-refractivity contribution in [2.45, 2.75) is 13.5 Å². The molecule has 2 aromatic heterocycles. The third kappa shape index (κ3) is 2.18. The van der Waals surface area contributed by atoms with Crippen LogP contribution in [0.15, 0.2) is 5.38 Å². The van der Waals surface area contributed by atoms with E-state index in [4.69, 9.17) is 5.73 Å². The van der Waals surface area contributed by atoms with E-state index in [-0.39, 0.29) is 0 Å². The highest BCUT2D eigenvalue weighted by Crippen LogP contribution is 2.15. The zero-order valence-corrected chi connectivity index (χ0v) is 9.15. The average molecular weight is 227 g/mol. The lowest BCUT2D eigenvalue weighted by Crippen LogP contribution is -1.98. The van der Waals surface area contributed by atoms with Gasteiger partial charge in [-0.1, -0.05) is 0 Å². The molecule has 5 nitrogen and oxygen atoms in total. The minimum Gasteiger partial charge on any atom is -0.367 e. The Morgan fingerprint density at radius 2 is 2.36 bits per heavy atom. The summed E-state index contributed by atoms with van der Waals surface area (Å²) in [6.07, 6.45) is 0. The molecular weight excluding hydrogens is 218 g/mol. The molecule has 0 saturated heterocycles. The van der Waals surface area contributed by atoms with Gasteiger partial charge in [0.05, 0.1) is 6.54 Å². The highest BCUT2D eigenvalue weighted by atomic mass is 32.1. The zero-order chi connectivity index (χ0) is 9.97. The summed E-state index contributed by atoms with van der Waals surface area (Å²) in [4.78, 5) is 8.30. The summed E-state index contributed by atoms with van der Waals surface area (Å²) in [6, 6.07) is 0. The molecule has 0 aliphatic rings. The van der Waals surface area contributed by atoms with Crippen molar-refractivity contribution in [1.29, 1.82) is 0 Å². The van der Waals surface area contributed by atoms with Crippen LogP contribution in [0.25, 0.3) is 0 Å². The second-order valence-corrected chi connectivity index (χ2v) is 4.39. The molecule has 0 radical (unpaired) electrons. The van der Waals surface area contributed by atoms with Gasteiger partial charge in [-0.3, -0.25) is 0 Å². The minimum absolute atomic E-state index is 0.313. The number of hydrogen-bond acceptors (Lipinski definition) is 7. The topological polar surface area (TPSA) is 76.7 Å². The number of anilines is 2. The summed E-state index contributed by atoms with van der Waals surface area (Å²) in [6.45, 7) is 2.65. The van der Waals surface area contributed by atoms with E-state index in [2.05, 4.69) is 19.7 Å². The fourth-order valence-corrected chi connectivity index (χ4v) is 2.15. The van der Waals surface area contributed by atoms with Gasteiger partial charge in [0.1, 0.15) is 5.01 Å². The Morgan fingerprint density at radius 1 is 1.50 bits per heavy atom. The minimum atomic E-state index is 0.313. The molecular formula is C7H9N5S2. The van der Waals surface area contributed by atoms with Crippen molar-refractivity contribution in [3.8, 4) is 0 Å². The van der Waals surface area contributed by atoms with Crippen molar-refractivity contribution in [1.82, 2.24) is 14.3 Å². The first kappa shape index (κ1) is 9.35. The van der Waals surface area contributed by atoms with Gasteiger partial charge in [0.25, 0.3) is 0 Å². The van der Waals surface area contributed by atoms with Crippen LogP contribution in [-0.4, -0.2) is 14.3 Å². The lowest BCUT2D eigenvalue weighted by Gasteiger charge is -1.96. The number of hydrogen-bond donors (Lipinski definition) is 2. The Kier molecular flexibility index (Phi) is 2.60. The van der Waals surface area contributed by atoms with E-state index in [0.29, 0.717) is 12.5 Å². The fourth-order valence-electron chi connectivity index (χ4n) is 0.942. The molecule has 2 aromatic rings. The quantitative estimate of drug-likeness (QED) is 0.831. The second kappa shape index (κ2) is 3.89. The molecule has 7 heteroatoms. The predicted octanol–water partition coefficient (Wildman–Crippen LogP) is 1.50. The van der Waals surface area contributed by atoms with Crippen molar-refractivity contribution >= 4 is 33.9 Å². The monoisotopic (exact) mass is 227 g/mol. The molecule has 0 atom stereocenters. The Hall–Kier alpha value is -1.21. The molecule has 0 unspecified atom stereocenters. The molecule has 0 aromatic carbocycles. The van der Waals surface area contributed by atoms with Crippen LogP contribution < -0.4 is 11.1 Å². The average Bonchev–Trinajstić information content (AvgIpc) is 2.72. The molecule has 3 N–H and O–H groups in total. The molecule has 2 heterocycles. The normalized spacial score (nSPS) is 10.4. The summed E-state index contributed by atoms with van der Waals surface area (Å²) in [5.41, 5.74) is 6.43. The standard InChI is InChI=1S/C7H9N5S2/c1-4-3-13-5(10-4)2-9-7-11-6(8)12-14-7/h3H,2H2,1H3,(H3,8,9,11,12).